The molecule has 1 aromatic carbocycles. The summed E-state index contributed by atoms with van der Waals surface area (Å²) in [6.07, 6.45) is -4.58. The van der Waals surface area contributed by atoms with Crippen LogP contribution in [0.5, 0.6) is 0 Å². The monoisotopic (exact) mass is 258 g/mol. The standard InChI is InChI=1S/C12H13F3N2O/c13-12(14,15)11(6-7-11)17-10(18)9(16)8-4-2-1-3-5-8/h1-5,9H,6-7,16H2,(H,17,18). The van der Waals surface area contributed by atoms with Gasteiger partial charge in [0.2, 0.25) is 5.91 Å². The molecule has 18 heavy (non-hydrogen) atoms. The van der Waals surface area contributed by atoms with E-state index in [1.165, 1.54) is 0 Å². The van der Waals surface area contributed by atoms with Crippen molar-refractivity contribution in [3.8, 4) is 0 Å². The van der Waals surface area contributed by atoms with Gasteiger partial charge in [0.25, 0.3) is 0 Å². The second-order valence-electron chi connectivity index (χ2n) is 4.46. The minimum atomic E-state index is -4.42. The first-order valence-corrected chi connectivity index (χ1v) is 5.55. The minimum absolute atomic E-state index is 0.0796. The number of amides is 1. The van der Waals surface area contributed by atoms with E-state index < -0.39 is 23.7 Å². The highest BCUT2D eigenvalue weighted by atomic mass is 19.4. The van der Waals surface area contributed by atoms with Crippen LogP contribution >= 0.6 is 0 Å². The zero-order valence-corrected chi connectivity index (χ0v) is 9.50. The van der Waals surface area contributed by atoms with Crippen molar-refractivity contribution in [2.24, 2.45) is 5.73 Å². The lowest BCUT2D eigenvalue weighted by molar-refractivity contribution is -0.170. The molecule has 0 bridgehead atoms. The molecule has 0 radical (unpaired) electrons. The molecule has 1 fully saturated rings. The second kappa shape index (κ2) is 4.28. The van der Waals surface area contributed by atoms with Gasteiger partial charge in [-0.1, -0.05) is 30.3 Å². The van der Waals surface area contributed by atoms with Gasteiger partial charge in [0.05, 0.1) is 0 Å². The molecule has 0 aromatic heterocycles. The van der Waals surface area contributed by atoms with Gasteiger partial charge in [-0.2, -0.15) is 13.2 Å². The number of nitrogens with two attached hydrogens (primary N) is 1. The lowest BCUT2D eigenvalue weighted by Crippen LogP contribution is -2.50. The maximum Gasteiger partial charge on any atom is 0.411 e. The summed E-state index contributed by atoms with van der Waals surface area (Å²) in [7, 11) is 0. The van der Waals surface area contributed by atoms with Crippen molar-refractivity contribution in [2.75, 3.05) is 0 Å². The summed E-state index contributed by atoms with van der Waals surface area (Å²) in [6, 6.07) is 7.24. The third-order valence-corrected chi connectivity index (χ3v) is 3.10. The van der Waals surface area contributed by atoms with Crippen molar-refractivity contribution in [1.82, 2.24) is 5.32 Å². The molecule has 0 heterocycles. The van der Waals surface area contributed by atoms with E-state index >= 15 is 0 Å². The Labute approximate surface area is 102 Å². The highest BCUT2D eigenvalue weighted by molar-refractivity contribution is 5.84. The average Bonchev–Trinajstić information content (AvgIpc) is 3.09. The van der Waals surface area contributed by atoms with E-state index in [2.05, 4.69) is 0 Å². The Bertz CT molecular complexity index is 440. The summed E-state index contributed by atoms with van der Waals surface area (Å²) in [5, 5.41) is 2.02. The van der Waals surface area contributed by atoms with Crippen molar-refractivity contribution in [3.63, 3.8) is 0 Å². The van der Waals surface area contributed by atoms with Crippen LogP contribution in [0.1, 0.15) is 24.4 Å². The lowest BCUT2D eigenvalue weighted by Gasteiger charge is -2.22. The van der Waals surface area contributed by atoms with Gasteiger partial charge in [-0.3, -0.25) is 4.79 Å². The van der Waals surface area contributed by atoms with Crippen molar-refractivity contribution < 1.29 is 18.0 Å². The van der Waals surface area contributed by atoms with Crippen LogP contribution in [0.25, 0.3) is 0 Å². The molecule has 1 saturated carbocycles. The van der Waals surface area contributed by atoms with Gasteiger partial charge in [0.1, 0.15) is 11.6 Å². The first kappa shape index (κ1) is 12.9. The van der Waals surface area contributed by atoms with Gasteiger partial charge in [-0.25, -0.2) is 0 Å². The molecule has 98 valence electrons. The fourth-order valence-electron chi connectivity index (χ4n) is 1.73. The van der Waals surface area contributed by atoms with Gasteiger partial charge < -0.3 is 11.1 Å². The van der Waals surface area contributed by atoms with E-state index in [1.54, 1.807) is 30.3 Å². The van der Waals surface area contributed by atoms with Gasteiger partial charge in [0.15, 0.2) is 0 Å². The molecule has 1 atom stereocenters. The number of benzene rings is 1. The predicted molar refractivity (Wildman–Crippen MR) is 59.5 cm³/mol. The number of nitrogens with one attached hydrogen (secondary N) is 1. The highest BCUT2D eigenvalue weighted by Crippen LogP contribution is 2.49. The molecule has 6 heteroatoms. The number of halogens is 3. The number of hydrogen-bond acceptors (Lipinski definition) is 2. The van der Waals surface area contributed by atoms with Crippen LogP contribution in [0.4, 0.5) is 13.2 Å². The lowest BCUT2D eigenvalue weighted by atomic mass is 10.1. The SMILES string of the molecule is NC(C(=O)NC1(C(F)(F)F)CC1)c1ccccc1. The third-order valence-electron chi connectivity index (χ3n) is 3.10. The Morgan fingerprint density at radius 1 is 1.28 bits per heavy atom. The number of alkyl halides is 3. The summed E-state index contributed by atoms with van der Waals surface area (Å²) in [5.41, 5.74) is 4.07. The smallest absolute Gasteiger partial charge is 0.340 e. The van der Waals surface area contributed by atoms with Crippen molar-refractivity contribution in [2.45, 2.75) is 30.6 Å². The second-order valence-corrected chi connectivity index (χ2v) is 4.46. The molecule has 1 aliphatic carbocycles. The Balaban J connectivity index is 2.06. The Hall–Kier alpha value is -1.56. The fraction of sp³-hybridized carbons (Fsp3) is 0.417. The molecule has 3 N–H and O–H groups in total. The van der Waals surface area contributed by atoms with Crippen LogP contribution in [0.3, 0.4) is 0 Å². The van der Waals surface area contributed by atoms with Crippen molar-refractivity contribution in [3.05, 3.63) is 35.9 Å². The Morgan fingerprint density at radius 3 is 2.28 bits per heavy atom. The van der Waals surface area contributed by atoms with Crippen LogP contribution in [0, 0.1) is 0 Å². The maximum atomic E-state index is 12.7. The van der Waals surface area contributed by atoms with Crippen LogP contribution in [0.2, 0.25) is 0 Å². The molecule has 0 aliphatic heterocycles. The van der Waals surface area contributed by atoms with Gasteiger partial charge in [0, 0.05) is 0 Å². The fourth-order valence-corrected chi connectivity index (χ4v) is 1.73. The van der Waals surface area contributed by atoms with E-state index in [9.17, 15) is 18.0 Å². The van der Waals surface area contributed by atoms with Gasteiger partial charge >= 0.3 is 6.18 Å². The molecule has 0 spiro atoms. The Kier molecular flexibility index (Phi) is 3.06. The molecule has 1 unspecified atom stereocenters. The van der Waals surface area contributed by atoms with Crippen molar-refractivity contribution >= 4 is 5.91 Å². The number of rotatable bonds is 3. The largest absolute Gasteiger partial charge is 0.411 e. The normalized spacial score (nSPS) is 19.1. The summed E-state index contributed by atoms with van der Waals surface area (Å²) in [6.45, 7) is 0. The zero-order valence-electron chi connectivity index (χ0n) is 9.50. The number of carbonyl (C=O) groups excluding carboxylic acids is 1. The molecule has 3 nitrogen and oxygen atoms in total. The molecule has 1 aromatic rings. The first-order chi connectivity index (χ1) is 8.36. The van der Waals surface area contributed by atoms with Crippen LogP contribution in [0.15, 0.2) is 30.3 Å². The molecule has 0 saturated heterocycles. The van der Waals surface area contributed by atoms with E-state index in [0.717, 1.165) is 0 Å². The molecular formula is C12H13F3N2O. The zero-order chi connectivity index (χ0) is 13.4. The summed E-state index contributed by atoms with van der Waals surface area (Å²) < 4.78 is 38.0. The number of carbonyl (C=O) groups is 1. The summed E-state index contributed by atoms with van der Waals surface area (Å²) in [5.74, 6) is -0.795. The van der Waals surface area contributed by atoms with E-state index in [0.29, 0.717) is 5.56 Å². The first-order valence-electron chi connectivity index (χ1n) is 5.55. The van der Waals surface area contributed by atoms with Crippen LogP contribution in [-0.4, -0.2) is 17.6 Å². The van der Waals surface area contributed by atoms with E-state index in [1.807, 2.05) is 5.32 Å². The van der Waals surface area contributed by atoms with Gasteiger partial charge in [-0.15, -0.1) is 0 Å². The minimum Gasteiger partial charge on any atom is -0.340 e. The summed E-state index contributed by atoms with van der Waals surface area (Å²) >= 11 is 0. The van der Waals surface area contributed by atoms with Gasteiger partial charge in [-0.05, 0) is 18.4 Å². The summed E-state index contributed by atoms with van der Waals surface area (Å²) in [4.78, 5) is 11.7. The molecule has 1 aliphatic rings. The number of hydrogen-bond donors (Lipinski definition) is 2. The third kappa shape index (κ3) is 2.33. The maximum absolute atomic E-state index is 12.7. The van der Waals surface area contributed by atoms with E-state index in [4.69, 9.17) is 5.73 Å². The topological polar surface area (TPSA) is 55.1 Å². The van der Waals surface area contributed by atoms with Crippen molar-refractivity contribution in [1.29, 1.82) is 0 Å². The van der Waals surface area contributed by atoms with Crippen LogP contribution in [-0.2, 0) is 4.79 Å². The predicted octanol–water partition coefficient (Wildman–Crippen LogP) is 1.90. The molecule has 2 rings (SSSR count). The van der Waals surface area contributed by atoms with E-state index in [-0.39, 0.29) is 12.8 Å². The Morgan fingerprint density at radius 2 is 1.83 bits per heavy atom. The highest BCUT2D eigenvalue weighted by Gasteiger charge is 2.64. The van der Waals surface area contributed by atoms with Crippen LogP contribution < -0.4 is 11.1 Å². The quantitative estimate of drug-likeness (QED) is 0.870. The molecular weight excluding hydrogens is 245 g/mol. The molecule has 1 amide bonds. The average molecular weight is 258 g/mol.